The summed E-state index contributed by atoms with van der Waals surface area (Å²) in [7, 11) is 0. The van der Waals surface area contributed by atoms with E-state index in [1.807, 2.05) is 26.0 Å². The molecule has 1 aliphatic rings. The van der Waals surface area contributed by atoms with E-state index < -0.39 is 5.54 Å². The van der Waals surface area contributed by atoms with Crippen LogP contribution in [0.1, 0.15) is 36.5 Å². The molecule has 0 amide bonds. The van der Waals surface area contributed by atoms with Gasteiger partial charge in [-0.3, -0.25) is 4.98 Å². The minimum absolute atomic E-state index is 0.400. The van der Waals surface area contributed by atoms with E-state index in [1.54, 1.807) is 0 Å². The molecule has 2 heterocycles. The highest BCUT2D eigenvalue weighted by molar-refractivity contribution is 5.55. The summed E-state index contributed by atoms with van der Waals surface area (Å²) in [5, 5.41) is 4.02. The molecular formula is C13H16N4O. The van der Waals surface area contributed by atoms with Gasteiger partial charge in [0.15, 0.2) is 0 Å². The van der Waals surface area contributed by atoms with E-state index in [0.29, 0.717) is 11.7 Å². The van der Waals surface area contributed by atoms with Gasteiger partial charge in [-0.25, -0.2) is 0 Å². The summed E-state index contributed by atoms with van der Waals surface area (Å²) >= 11 is 0. The number of hydrogen-bond donors (Lipinski definition) is 1. The molecule has 2 aromatic heterocycles. The average molecular weight is 244 g/mol. The normalized spacial score (nSPS) is 17.5. The molecule has 0 aliphatic heterocycles. The van der Waals surface area contributed by atoms with Gasteiger partial charge in [-0.2, -0.15) is 4.98 Å². The van der Waals surface area contributed by atoms with Crippen molar-refractivity contribution in [2.75, 3.05) is 0 Å². The molecule has 94 valence electrons. The highest BCUT2D eigenvalue weighted by Gasteiger charge is 2.39. The molecule has 1 saturated carbocycles. The van der Waals surface area contributed by atoms with Crippen molar-refractivity contribution in [3.63, 3.8) is 0 Å². The quantitative estimate of drug-likeness (QED) is 0.875. The first kappa shape index (κ1) is 11.3. The second-order valence-corrected chi connectivity index (χ2v) is 5.07. The Hall–Kier alpha value is -1.75. The van der Waals surface area contributed by atoms with Gasteiger partial charge in [0.2, 0.25) is 11.7 Å². The second-order valence-electron chi connectivity index (χ2n) is 5.07. The van der Waals surface area contributed by atoms with Crippen LogP contribution in [-0.4, -0.2) is 15.1 Å². The van der Waals surface area contributed by atoms with E-state index in [-0.39, 0.29) is 0 Å². The maximum absolute atomic E-state index is 6.17. The molecule has 3 rings (SSSR count). The van der Waals surface area contributed by atoms with Crippen LogP contribution in [0.15, 0.2) is 16.7 Å². The van der Waals surface area contributed by atoms with E-state index in [2.05, 4.69) is 15.1 Å². The van der Waals surface area contributed by atoms with Crippen LogP contribution in [0.25, 0.3) is 11.4 Å². The van der Waals surface area contributed by atoms with Gasteiger partial charge in [-0.15, -0.1) is 0 Å². The molecular weight excluding hydrogens is 228 g/mol. The average Bonchev–Trinajstić information content (AvgIpc) is 2.74. The molecule has 0 saturated heterocycles. The lowest BCUT2D eigenvalue weighted by molar-refractivity contribution is 0.181. The Labute approximate surface area is 105 Å². The topological polar surface area (TPSA) is 77.8 Å². The van der Waals surface area contributed by atoms with E-state index in [1.165, 1.54) is 0 Å². The molecule has 0 aromatic carbocycles. The lowest BCUT2D eigenvalue weighted by Gasteiger charge is -2.33. The Balaban J connectivity index is 1.97. The lowest BCUT2D eigenvalue weighted by atomic mass is 9.78. The zero-order valence-corrected chi connectivity index (χ0v) is 10.6. The summed E-state index contributed by atoms with van der Waals surface area (Å²) in [4.78, 5) is 8.76. The highest BCUT2D eigenvalue weighted by atomic mass is 16.5. The summed E-state index contributed by atoms with van der Waals surface area (Å²) in [6.45, 7) is 3.90. The summed E-state index contributed by atoms with van der Waals surface area (Å²) in [5.41, 5.74) is 8.59. The van der Waals surface area contributed by atoms with Crippen LogP contribution in [-0.2, 0) is 5.54 Å². The van der Waals surface area contributed by atoms with Crippen LogP contribution in [0, 0.1) is 13.8 Å². The summed E-state index contributed by atoms with van der Waals surface area (Å²) < 4.78 is 5.30. The molecule has 2 N–H and O–H groups in total. The van der Waals surface area contributed by atoms with Gasteiger partial charge >= 0.3 is 0 Å². The molecule has 2 aromatic rings. The summed E-state index contributed by atoms with van der Waals surface area (Å²) in [5.74, 6) is 1.14. The standard InChI is InChI=1S/C13H16N4O/c1-8-6-10(7-9(2)15-8)11-16-12(18-17-11)13(14)4-3-5-13/h6-7H,3-5,14H2,1-2H3. The van der Waals surface area contributed by atoms with Crippen LogP contribution in [0.5, 0.6) is 0 Å². The third-order valence-corrected chi connectivity index (χ3v) is 3.44. The lowest BCUT2D eigenvalue weighted by Crippen LogP contribution is -2.43. The molecule has 5 heteroatoms. The Morgan fingerprint density at radius 1 is 1.17 bits per heavy atom. The van der Waals surface area contributed by atoms with Crippen molar-refractivity contribution in [1.82, 2.24) is 15.1 Å². The van der Waals surface area contributed by atoms with Crippen LogP contribution in [0.3, 0.4) is 0 Å². The van der Waals surface area contributed by atoms with Crippen molar-refractivity contribution >= 4 is 0 Å². The number of rotatable bonds is 2. The van der Waals surface area contributed by atoms with Crippen LogP contribution >= 0.6 is 0 Å². The van der Waals surface area contributed by atoms with Crippen molar-refractivity contribution < 1.29 is 4.52 Å². The van der Waals surface area contributed by atoms with Gasteiger partial charge in [0.05, 0.1) is 5.54 Å². The smallest absolute Gasteiger partial charge is 0.247 e. The third-order valence-electron chi connectivity index (χ3n) is 3.44. The minimum Gasteiger partial charge on any atom is -0.337 e. The van der Waals surface area contributed by atoms with Crippen molar-refractivity contribution in [3.05, 3.63) is 29.4 Å². The van der Waals surface area contributed by atoms with E-state index in [9.17, 15) is 0 Å². The van der Waals surface area contributed by atoms with E-state index >= 15 is 0 Å². The molecule has 0 bridgehead atoms. The van der Waals surface area contributed by atoms with Crippen molar-refractivity contribution in [2.24, 2.45) is 5.73 Å². The monoisotopic (exact) mass is 244 g/mol. The fourth-order valence-electron chi connectivity index (χ4n) is 2.28. The predicted molar refractivity (Wildman–Crippen MR) is 66.7 cm³/mol. The Bertz CT molecular complexity index is 566. The largest absolute Gasteiger partial charge is 0.337 e. The fourth-order valence-corrected chi connectivity index (χ4v) is 2.28. The first-order chi connectivity index (χ1) is 8.57. The first-order valence-corrected chi connectivity index (χ1v) is 6.16. The van der Waals surface area contributed by atoms with Crippen molar-refractivity contribution in [2.45, 2.75) is 38.6 Å². The first-order valence-electron chi connectivity index (χ1n) is 6.16. The molecule has 0 spiro atoms. The predicted octanol–water partition coefficient (Wildman–Crippen LogP) is 2.09. The zero-order chi connectivity index (χ0) is 12.8. The Kier molecular flexibility index (Phi) is 2.45. The fraction of sp³-hybridized carbons (Fsp3) is 0.462. The molecule has 5 nitrogen and oxygen atoms in total. The number of pyridine rings is 1. The van der Waals surface area contributed by atoms with E-state index in [4.69, 9.17) is 10.3 Å². The maximum atomic E-state index is 6.17. The third kappa shape index (κ3) is 1.80. The molecule has 0 atom stereocenters. The molecule has 1 fully saturated rings. The zero-order valence-electron chi connectivity index (χ0n) is 10.6. The van der Waals surface area contributed by atoms with Gasteiger partial charge in [0.1, 0.15) is 0 Å². The number of nitrogens with two attached hydrogens (primary N) is 1. The van der Waals surface area contributed by atoms with Crippen LogP contribution in [0.2, 0.25) is 0 Å². The second kappa shape index (κ2) is 3.88. The van der Waals surface area contributed by atoms with Crippen molar-refractivity contribution in [3.8, 4) is 11.4 Å². The molecule has 1 aliphatic carbocycles. The van der Waals surface area contributed by atoms with Gasteiger partial charge < -0.3 is 10.3 Å². The Morgan fingerprint density at radius 3 is 2.39 bits per heavy atom. The number of aromatic nitrogens is 3. The van der Waals surface area contributed by atoms with Gasteiger partial charge in [-0.1, -0.05) is 5.16 Å². The van der Waals surface area contributed by atoms with Gasteiger partial charge in [0.25, 0.3) is 0 Å². The number of aryl methyl sites for hydroxylation is 2. The minimum atomic E-state index is -0.400. The highest BCUT2D eigenvalue weighted by Crippen LogP contribution is 2.38. The van der Waals surface area contributed by atoms with Crippen LogP contribution in [0.4, 0.5) is 0 Å². The van der Waals surface area contributed by atoms with Crippen LogP contribution < -0.4 is 5.73 Å². The molecule has 18 heavy (non-hydrogen) atoms. The molecule has 0 radical (unpaired) electrons. The summed E-state index contributed by atoms with van der Waals surface area (Å²) in [6, 6.07) is 3.90. The molecule has 0 unspecified atom stereocenters. The van der Waals surface area contributed by atoms with Gasteiger partial charge in [-0.05, 0) is 45.2 Å². The SMILES string of the molecule is Cc1cc(-c2noc(C3(N)CCC3)n2)cc(C)n1. The summed E-state index contributed by atoms with van der Waals surface area (Å²) in [6.07, 6.45) is 2.97. The Morgan fingerprint density at radius 2 is 1.83 bits per heavy atom. The maximum Gasteiger partial charge on any atom is 0.247 e. The number of hydrogen-bond acceptors (Lipinski definition) is 5. The number of nitrogens with zero attached hydrogens (tertiary/aromatic N) is 3. The van der Waals surface area contributed by atoms with E-state index in [0.717, 1.165) is 36.2 Å². The van der Waals surface area contributed by atoms with Crippen molar-refractivity contribution in [1.29, 1.82) is 0 Å². The van der Waals surface area contributed by atoms with Gasteiger partial charge in [0, 0.05) is 17.0 Å².